The van der Waals surface area contributed by atoms with Crippen molar-refractivity contribution < 1.29 is 4.79 Å². The van der Waals surface area contributed by atoms with Crippen molar-refractivity contribution in [1.82, 2.24) is 5.43 Å². The summed E-state index contributed by atoms with van der Waals surface area (Å²) in [6.45, 7) is 1.99. The Bertz CT molecular complexity index is 669. The third kappa shape index (κ3) is 3.83. The zero-order valence-corrected chi connectivity index (χ0v) is 12.2. The van der Waals surface area contributed by atoms with Crippen LogP contribution in [0, 0.1) is 6.92 Å². The molecule has 5 heteroatoms. The average molecular weight is 307 g/mol. The highest BCUT2D eigenvalue weighted by Gasteiger charge is 2.09. The minimum absolute atomic E-state index is 0.292. The second-order valence-corrected chi connectivity index (χ2v) is 5.08. The van der Waals surface area contributed by atoms with E-state index in [1.165, 1.54) is 6.07 Å². The van der Waals surface area contributed by atoms with Gasteiger partial charge in [-0.05, 0) is 30.7 Å². The molecular formula is C15H12Cl2N2O. The molecule has 2 aromatic rings. The van der Waals surface area contributed by atoms with Crippen molar-refractivity contribution in [3.05, 3.63) is 69.2 Å². The molecule has 2 aromatic carbocycles. The van der Waals surface area contributed by atoms with E-state index in [4.69, 9.17) is 23.2 Å². The van der Waals surface area contributed by atoms with E-state index in [1.54, 1.807) is 18.3 Å². The van der Waals surface area contributed by atoms with Crippen LogP contribution in [0.4, 0.5) is 0 Å². The molecule has 102 valence electrons. The first kappa shape index (κ1) is 14.6. The molecule has 0 aliphatic rings. The second kappa shape index (κ2) is 6.55. The molecule has 0 aliphatic heterocycles. The third-order valence-corrected chi connectivity index (χ3v) is 3.15. The molecule has 1 N–H and O–H groups in total. The van der Waals surface area contributed by atoms with Crippen molar-refractivity contribution in [1.29, 1.82) is 0 Å². The summed E-state index contributed by atoms with van der Waals surface area (Å²) in [5.41, 5.74) is 4.80. The van der Waals surface area contributed by atoms with E-state index in [-0.39, 0.29) is 5.91 Å². The maximum absolute atomic E-state index is 11.9. The van der Waals surface area contributed by atoms with E-state index in [0.29, 0.717) is 15.6 Å². The Morgan fingerprint density at radius 2 is 2.00 bits per heavy atom. The first-order chi connectivity index (χ1) is 9.56. The largest absolute Gasteiger partial charge is 0.272 e. The topological polar surface area (TPSA) is 41.5 Å². The number of hydrogen-bond donors (Lipinski definition) is 1. The van der Waals surface area contributed by atoms with Crippen LogP contribution < -0.4 is 5.43 Å². The van der Waals surface area contributed by atoms with E-state index in [0.717, 1.165) is 11.1 Å². The molecule has 0 radical (unpaired) electrons. The Labute approximate surface area is 127 Å². The first-order valence-electron chi connectivity index (χ1n) is 5.91. The zero-order valence-electron chi connectivity index (χ0n) is 10.7. The fourth-order valence-electron chi connectivity index (χ4n) is 1.65. The summed E-state index contributed by atoms with van der Waals surface area (Å²) in [4.78, 5) is 11.9. The number of nitrogens with one attached hydrogen (secondary N) is 1. The van der Waals surface area contributed by atoms with Crippen LogP contribution in [0.2, 0.25) is 10.0 Å². The minimum atomic E-state index is -0.379. The predicted octanol–water partition coefficient (Wildman–Crippen LogP) is 4.07. The van der Waals surface area contributed by atoms with Gasteiger partial charge in [-0.3, -0.25) is 4.79 Å². The van der Waals surface area contributed by atoms with E-state index in [9.17, 15) is 4.79 Å². The number of aryl methyl sites for hydroxylation is 1. The Hall–Kier alpha value is -1.84. The Kier molecular flexibility index (Phi) is 4.77. The maximum atomic E-state index is 11.9. The molecule has 2 rings (SSSR count). The average Bonchev–Trinajstić information content (AvgIpc) is 2.38. The van der Waals surface area contributed by atoms with E-state index >= 15 is 0 Å². The molecule has 0 atom stereocenters. The van der Waals surface area contributed by atoms with Crippen LogP contribution in [-0.2, 0) is 0 Å². The van der Waals surface area contributed by atoms with E-state index in [2.05, 4.69) is 10.5 Å². The van der Waals surface area contributed by atoms with Gasteiger partial charge in [-0.2, -0.15) is 5.10 Å². The van der Waals surface area contributed by atoms with Crippen LogP contribution in [0.1, 0.15) is 21.5 Å². The number of carbonyl (C=O) groups is 1. The van der Waals surface area contributed by atoms with Crippen molar-refractivity contribution in [3.63, 3.8) is 0 Å². The summed E-state index contributed by atoms with van der Waals surface area (Å²) in [5, 5.41) is 4.68. The molecule has 3 nitrogen and oxygen atoms in total. The highest BCUT2D eigenvalue weighted by atomic mass is 35.5. The first-order valence-corrected chi connectivity index (χ1v) is 6.67. The van der Waals surface area contributed by atoms with Gasteiger partial charge in [0, 0.05) is 5.02 Å². The number of amides is 1. The van der Waals surface area contributed by atoms with Gasteiger partial charge in [0.25, 0.3) is 5.91 Å². The second-order valence-electron chi connectivity index (χ2n) is 4.24. The number of carbonyl (C=O) groups excluding carboxylic acids is 1. The van der Waals surface area contributed by atoms with Gasteiger partial charge in [0.05, 0.1) is 16.8 Å². The fraction of sp³-hybridized carbons (Fsp3) is 0.0667. The normalized spacial score (nSPS) is 10.8. The van der Waals surface area contributed by atoms with Crippen LogP contribution >= 0.6 is 23.2 Å². The summed E-state index contributed by atoms with van der Waals surface area (Å²) in [6.07, 6.45) is 1.58. The van der Waals surface area contributed by atoms with E-state index in [1.807, 2.05) is 31.2 Å². The summed E-state index contributed by atoms with van der Waals surface area (Å²) < 4.78 is 0. The smallest absolute Gasteiger partial charge is 0.267 e. The van der Waals surface area contributed by atoms with Crippen LogP contribution in [-0.4, -0.2) is 12.1 Å². The quantitative estimate of drug-likeness (QED) is 0.674. The number of benzene rings is 2. The molecule has 0 bridgehead atoms. The molecule has 0 unspecified atom stereocenters. The lowest BCUT2D eigenvalue weighted by atomic mass is 10.2. The molecule has 0 aliphatic carbocycles. The molecule has 0 aromatic heterocycles. The molecule has 20 heavy (non-hydrogen) atoms. The highest BCUT2D eigenvalue weighted by Crippen LogP contribution is 2.20. The van der Waals surface area contributed by atoms with Gasteiger partial charge in [-0.15, -0.1) is 0 Å². The van der Waals surface area contributed by atoms with Gasteiger partial charge in [0.1, 0.15) is 0 Å². The van der Waals surface area contributed by atoms with Gasteiger partial charge >= 0.3 is 0 Å². The van der Waals surface area contributed by atoms with Crippen LogP contribution in [0.5, 0.6) is 0 Å². The molecule has 1 amide bonds. The molecular weight excluding hydrogens is 295 g/mol. The standard InChI is InChI=1S/C15H12Cl2N2O/c1-10-3-2-4-11(7-10)9-18-19-15(20)13-6-5-12(16)8-14(13)17/h2-9H,1H3,(H,19,20). The third-order valence-electron chi connectivity index (χ3n) is 2.60. The van der Waals surface area contributed by atoms with Gasteiger partial charge < -0.3 is 0 Å². The molecule has 0 saturated carbocycles. The maximum Gasteiger partial charge on any atom is 0.272 e. The van der Waals surface area contributed by atoms with E-state index < -0.39 is 0 Å². The van der Waals surface area contributed by atoms with Crippen molar-refractivity contribution >= 4 is 35.3 Å². The molecule has 0 fully saturated rings. The SMILES string of the molecule is Cc1cccc(C=NNC(=O)c2ccc(Cl)cc2Cl)c1. The lowest BCUT2D eigenvalue weighted by molar-refractivity contribution is 0.0955. The van der Waals surface area contributed by atoms with Crippen molar-refractivity contribution in [3.8, 4) is 0 Å². The molecule has 0 saturated heterocycles. The van der Waals surface area contributed by atoms with Gasteiger partial charge in [0.2, 0.25) is 0 Å². The number of rotatable bonds is 3. The van der Waals surface area contributed by atoms with Crippen molar-refractivity contribution in [2.24, 2.45) is 5.10 Å². The summed E-state index contributed by atoms with van der Waals surface area (Å²) in [7, 11) is 0. The predicted molar refractivity (Wildman–Crippen MR) is 82.7 cm³/mol. The monoisotopic (exact) mass is 306 g/mol. The van der Waals surface area contributed by atoms with Crippen molar-refractivity contribution in [2.45, 2.75) is 6.92 Å². The summed E-state index contributed by atoms with van der Waals surface area (Å²) in [5.74, 6) is -0.379. The van der Waals surface area contributed by atoms with Gasteiger partial charge in [0.15, 0.2) is 0 Å². The van der Waals surface area contributed by atoms with Crippen LogP contribution in [0.3, 0.4) is 0 Å². The lowest BCUT2D eigenvalue weighted by Gasteiger charge is -2.02. The van der Waals surface area contributed by atoms with Crippen LogP contribution in [0.25, 0.3) is 0 Å². The molecule has 0 heterocycles. The Balaban J connectivity index is 2.05. The zero-order chi connectivity index (χ0) is 14.5. The van der Waals surface area contributed by atoms with Gasteiger partial charge in [-0.1, -0.05) is 53.0 Å². The van der Waals surface area contributed by atoms with Crippen molar-refractivity contribution in [2.75, 3.05) is 0 Å². The number of nitrogens with zero attached hydrogens (tertiary/aromatic N) is 1. The highest BCUT2D eigenvalue weighted by molar-refractivity contribution is 6.36. The summed E-state index contributed by atoms with van der Waals surface area (Å²) in [6, 6.07) is 12.5. The lowest BCUT2D eigenvalue weighted by Crippen LogP contribution is -2.18. The van der Waals surface area contributed by atoms with Crippen LogP contribution in [0.15, 0.2) is 47.6 Å². The Morgan fingerprint density at radius 1 is 1.20 bits per heavy atom. The Morgan fingerprint density at radius 3 is 2.70 bits per heavy atom. The number of halogens is 2. The van der Waals surface area contributed by atoms with Gasteiger partial charge in [-0.25, -0.2) is 5.43 Å². The number of hydrazone groups is 1. The fourth-order valence-corrected chi connectivity index (χ4v) is 2.14. The number of hydrogen-bond acceptors (Lipinski definition) is 2. The molecule has 0 spiro atoms. The summed E-state index contributed by atoms with van der Waals surface area (Å²) >= 11 is 11.7. The minimum Gasteiger partial charge on any atom is -0.267 e.